The lowest BCUT2D eigenvalue weighted by molar-refractivity contribution is -0.00685. The molecule has 5 nitrogen and oxygen atoms in total. The number of hydrogen-bond acceptors (Lipinski definition) is 4. The molecule has 2 atom stereocenters. The molecule has 0 radical (unpaired) electrons. The van der Waals surface area contributed by atoms with Gasteiger partial charge in [0.1, 0.15) is 12.2 Å². The van der Waals surface area contributed by atoms with Crippen LogP contribution in [0.5, 0.6) is 0 Å². The number of alkyl carbamates (subject to hydrolysis) is 1. The van der Waals surface area contributed by atoms with Gasteiger partial charge in [-0.05, 0) is 18.1 Å². The van der Waals surface area contributed by atoms with E-state index < -0.39 is 24.3 Å². The quantitative estimate of drug-likeness (QED) is 0.763. The monoisotopic (exact) mass is 315 g/mol. The second-order valence-corrected chi connectivity index (χ2v) is 5.45. The number of benzene rings is 2. The molecule has 0 heterocycles. The average molecular weight is 315 g/mol. The van der Waals surface area contributed by atoms with Gasteiger partial charge in [0.25, 0.3) is 0 Å². The molecule has 0 aromatic heterocycles. The highest BCUT2D eigenvalue weighted by atomic mass is 16.5. The number of carbonyl (C=O) groups is 1. The molecule has 0 bridgehead atoms. The highest BCUT2D eigenvalue weighted by Crippen LogP contribution is 2.24. The molecular formula is C18H21NO4. The maximum absolute atomic E-state index is 11.9. The van der Waals surface area contributed by atoms with E-state index in [0.29, 0.717) is 5.56 Å². The number of amides is 1. The summed E-state index contributed by atoms with van der Waals surface area (Å²) in [5.41, 5.74) is 0.0438. The molecule has 0 unspecified atom stereocenters. The van der Waals surface area contributed by atoms with Crippen molar-refractivity contribution in [3.63, 3.8) is 0 Å². The molecule has 0 aliphatic rings. The van der Waals surface area contributed by atoms with Crippen LogP contribution < -0.4 is 5.32 Å². The summed E-state index contributed by atoms with van der Waals surface area (Å²) in [6, 6.07) is 17.3. The summed E-state index contributed by atoms with van der Waals surface area (Å²) >= 11 is 0. The second-order valence-electron chi connectivity index (χ2n) is 5.45. The van der Waals surface area contributed by atoms with E-state index >= 15 is 0 Å². The zero-order chi connectivity index (χ0) is 16.7. The van der Waals surface area contributed by atoms with Gasteiger partial charge < -0.3 is 20.3 Å². The maximum Gasteiger partial charge on any atom is 0.407 e. The smallest absolute Gasteiger partial charge is 0.407 e. The van der Waals surface area contributed by atoms with E-state index in [1.807, 2.05) is 36.4 Å². The van der Waals surface area contributed by atoms with Crippen molar-refractivity contribution >= 4 is 6.09 Å². The Morgan fingerprint density at radius 3 is 2.26 bits per heavy atom. The minimum Gasteiger partial charge on any atom is -0.445 e. The molecule has 1 amide bonds. The van der Waals surface area contributed by atoms with Crippen molar-refractivity contribution in [1.29, 1.82) is 0 Å². The fraction of sp³-hybridized carbons (Fsp3) is 0.278. The Hall–Kier alpha value is -2.37. The van der Waals surface area contributed by atoms with Gasteiger partial charge in [0, 0.05) is 0 Å². The van der Waals surface area contributed by atoms with Crippen LogP contribution in [-0.2, 0) is 16.9 Å². The summed E-state index contributed by atoms with van der Waals surface area (Å²) < 4.78 is 5.12. The summed E-state index contributed by atoms with van der Waals surface area (Å²) in [5, 5.41) is 22.7. The van der Waals surface area contributed by atoms with Crippen molar-refractivity contribution in [2.75, 3.05) is 6.61 Å². The summed E-state index contributed by atoms with van der Waals surface area (Å²) in [7, 11) is 0. The molecule has 2 rings (SSSR count). The number of nitrogens with one attached hydrogen (secondary N) is 1. The van der Waals surface area contributed by atoms with Crippen LogP contribution in [0, 0.1) is 0 Å². The van der Waals surface area contributed by atoms with Crippen molar-refractivity contribution < 1.29 is 19.7 Å². The molecule has 0 aliphatic heterocycles. The van der Waals surface area contributed by atoms with Crippen LogP contribution in [0.4, 0.5) is 4.79 Å². The largest absolute Gasteiger partial charge is 0.445 e. The Kier molecular flexibility index (Phi) is 5.73. The van der Waals surface area contributed by atoms with Gasteiger partial charge >= 0.3 is 6.09 Å². The van der Waals surface area contributed by atoms with Crippen LogP contribution >= 0.6 is 0 Å². The number of aliphatic hydroxyl groups is 2. The van der Waals surface area contributed by atoms with Crippen molar-refractivity contribution in [3.8, 4) is 0 Å². The van der Waals surface area contributed by atoms with Gasteiger partial charge in [0.15, 0.2) is 0 Å². The van der Waals surface area contributed by atoms with Gasteiger partial charge in [-0.2, -0.15) is 0 Å². The zero-order valence-corrected chi connectivity index (χ0v) is 13.0. The van der Waals surface area contributed by atoms with Crippen LogP contribution in [0.15, 0.2) is 60.7 Å². The number of rotatable bonds is 6. The summed E-state index contributed by atoms with van der Waals surface area (Å²) in [6.07, 6.45) is -0.691. The van der Waals surface area contributed by atoms with Gasteiger partial charge in [-0.15, -0.1) is 0 Å². The molecule has 2 aromatic carbocycles. The van der Waals surface area contributed by atoms with Crippen molar-refractivity contribution in [2.24, 2.45) is 0 Å². The van der Waals surface area contributed by atoms with Crippen molar-refractivity contribution in [1.82, 2.24) is 5.32 Å². The Bertz CT molecular complexity index is 613. The van der Waals surface area contributed by atoms with E-state index in [1.54, 1.807) is 31.2 Å². The van der Waals surface area contributed by atoms with E-state index in [1.165, 1.54) is 0 Å². The van der Waals surface area contributed by atoms with Gasteiger partial charge in [-0.25, -0.2) is 4.79 Å². The molecule has 3 N–H and O–H groups in total. The average Bonchev–Trinajstić information content (AvgIpc) is 2.59. The number of carbonyl (C=O) groups excluding carboxylic acids is 1. The second kappa shape index (κ2) is 7.76. The van der Waals surface area contributed by atoms with Crippen molar-refractivity contribution in [3.05, 3.63) is 71.8 Å². The van der Waals surface area contributed by atoms with E-state index in [0.717, 1.165) is 5.56 Å². The first-order valence-electron chi connectivity index (χ1n) is 7.40. The molecule has 0 aliphatic carbocycles. The fourth-order valence-electron chi connectivity index (χ4n) is 2.25. The summed E-state index contributed by atoms with van der Waals surface area (Å²) in [6.45, 7) is 1.25. The molecular weight excluding hydrogens is 294 g/mol. The van der Waals surface area contributed by atoms with E-state index in [2.05, 4.69) is 5.32 Å². The van der Waals surface area contributed by atoms with Crippen LogP contribution in [0.3, 0.4) is 0 Å². The molecule has 122 valence electrons. The Morgan fingerprint density at radius 2 is 1.70 bits per heavy atom. The summed E-state index contributed by atoms with van der Waals surface area (Å²) in [5.74, 6) is 0. The van der Waals surface area contributed by atoms with E-state index in [4.69, 9.17) is 4.74 Å². The molecule has 23 heavy (non-hydrogen) atoms. The van der Waals surface area contributed by atoms with Gasteiger partial charge in [0.2, 0.25) is 0 Å². The lowest BCUT2D eigenvalue weighted by Crippen LogP contribution is -2.51. The first-order chi connectivity index (χ1) is 11.0. The molecule has 0 fully saturated rings. The number of ether oxygens (including phenoxy) is 1. The standard InChI is InChI=1S/C18H21NO4/c1-18(22,15-10-6-3-7-11-15)16(12-20)19-17(21)23-13-14-8-4-2-5-9-14/h2-11,16,20,22H,12-13H2,1H3,(H,19,21)/t16-,18-/m0/s1. The van der Waals surface area contributed by atoms with Crippen LogP contribution in [0.2, 0.25) is 0 Å². The fourth-order valence-corrected chi connectivity index (χ4v) is 2.25. The van der Waals surface area contributed by atoms with Gasteiger partial charge in [0.05, 0.1) is 12.6 Å². The third-order valence-electron chi connectivity index (χ3n) is 3.72. The third kappa shape index (κ3) is 4.55. The predicted octanol–water partition coefficient (Wildman–Crippen LogP) is 2.18. The lowest BCUT2D eigenvalue weighted by Gasteiger charge is -2.32. The van der Waals surface area contributed by atoms with Crippen LogP contribution in [0.1, 0.15) is 18.1 Å². The van der Waals surface area contributed by atoms with Gasteiger partial charge in [-0.1, -0.05) is 60.7 Å². The SMILES string of the molecule is C[C@](O)(c1ccccc1)[C@H](CO)NC(=O)OCc1ccccc1. The van der Waals surface area contributed by atoms with Gasteiger partial charge in [-0.3, -0.25) is 0 Å². The minimum absolute atomic E-state index is 0.123. The Morgan fingerprint density at radius 1 is 1.13 bits per heavy atom. The first-order valence-corrected chi connectivity index (χ1v) is 7.40. The Labute approximate surface area is 135 Å². The van der Waals surface area contributed by atoms with E-state index in [-0.39, 0.29) is 6.61 Å². The highest BCUT2D eigenvalue weighted by Gasteiger charge is 2.34. The third-order valence-corrected chi connectivity index (χ3v) is 3.72. The number of hydrogen-bond donors (Lipinski definition) is 3. The van der Waals surface area contributed by atoms with Crippen molar-refractivity contribution in [2.45, 2.75) is 25.2 Å². The molecule has 0 saturated heterocycles. The molecule has 2 aromatic rings. The number of aliphatic hydroxyl groups excluding tert-OH is 1. The predicted molar refractivity (Wildman–Crippen MR) is 86.6 cm³/mol. The zero-order valence-electron chi connectivity index (χ0n) is 13.0. The van der Waals surface area contributed by atoms with E-state index in [9.17, 15) is 15.0 Å². The van der Waals surface area contributed by atoms with Crippen LogP contribution in [-0.4, -0.2) is 29.0 Å². The maximum atomic E-state index is 11.9. The highest BCUT2D eigenvalue weighted by molar-refractivity contribution is 5.68. The molecule has 5 heteroatoms. The molecule has 0 saturated carbocycles. The summed E-state index contributed by atoms with van der Waals surface area (Å²) in [4.78, 5) is 11.9. The normalized spacial score (nSPS) is 14.6. The first kappa shape index (κ1) is 17.0. The minimum atomic E-state index is -1.41. The Balaban J connectivity index is 1.97. The molecule has 0 spiro atoms. The topological polar surface area (TPSA) is 78.8 Å². The lowest BCUT2D eigenvalue weighted by atomic mass is 9.88. The van der Waals surface area contributed by atoms with Crippen LogP contribution in [0.25, 0.3) is 0 Å².